The van der Waals surface area contributed by atoms with Gasteiger partial charge in [0.15, 0.2) is 0 Å². The number of carbonyl (C=O) groups excluding carboxylic acids is 2. The van der Waals surface area contributed by atoms with Crippen molar-refractivity contribution >= 4 is 11.9 Å². The van der Waals surface area contributed by atoms with Crippen molar-refractivity contribution in [1.82, 2.24) is 4.98 Å². The first-order valence-corrected chi connectivity index (χ1v) is 6.61. The second kappa shape index (κ2) is 7.15. The number of ether oxygens (including phenoxy) is 2. The summed E-state index contributed by atoms with van der Waals surface area (Å²) in [5.74, 6) is -2.17. The van der Waals surface area contributed by atoms with E-state index < -0.39 is 29.3 Å². The van der Waals surface area contributed by atoms with E-state index in [0.29, 0.717) is 5.69 Å². The van der Waals surface area contributed by atoms with Gasteiger partial charge in [-0.1, -0.05) is 0 Å². The third kappa shape index (κ3) is 6.33. The minimum absolute atomic E-state index is 0.108. The summed E-state index contributed by atoms with van der Waals surface area (Å²) in [7, 11) is 1.25. The average Bonchev–Trinajstić information content (AvgIpc) is 2.37. The monoisotopic (exact) mass is 297 g/mol. The molecule has 1 heterocycles. The summed E-state index contributed by atoms with van der Waals surface area (Å²) in [6.45, 7) is 5.25. The third-order valence-corrected chi connectivity index (χ3v) is 2.61. The summed E-state index contributed by atoms with van der Waals surface area (Å²) < 4.78 is 22.7. The van der Waals surface area contributed by atoms with Gasteiger partial charge in [0.25, 0.3) is 0 Å². The van der Waals surface area contributed by atoms with E-state index in [1.54, 1.807) is 20.8 Å². The molecule has 0 aromatic carbocycles. The first-order chi connectivity index (χ1) is 9.71. The van der Waals surface area contributed by atoms with Crippen LogP contribution in [-0.2, 0) is 25.5 Å². The molecule has 21 heavy (non-hydrogen) atoms. The van der Waals surface area contributed by atoms with Gasteiger partial charge in [-0.05, 0) is 32.9 Å². The predicted octanol–water partition coefficient (Wildman–Crippen LogP) is 2.28. The smallest absolute Gasteiger partial charge is 0.309 e. The number of carbonyl (C=O) groups is 2. The molecular formula is C15H20FNO4. The van der Waals surface area contributed by atoms with Gasteiger partial charge < -0.3 is 9.47 Å². The highest BCUT2D eigenvalue weighted by atomic mass is 19.1. The molecule has 116 valence electrons. The summed E-state index contributed by atoms with van der Waals surface area (Å²) >= 11 is 0. The summed E-state index contributed by atoms with van der Waals surface area (Å²) in [6, 6.07) is 2.73. The van der Waals surface area contributed by atoms with Crippen molar-refractivity contribution < 1.29 is 23.5 Å². The molecule has 0 amide bonds. The normalized spacial score (nSPS) is 12.6. The molecule has 0 N–H and O–H groups in total. The molecule has 5 nitrogen and oxygen atoms in total. The molecule has 0 saturated heterocycles. The Bertz CT molecular complexity index is 493. The van der Waals surface area contributed by atoms with Crippen LogP contribution in [0.15, 0.2) is 18.3 Å². The van der Waals surface area contributed by atoms with Gasteiger partial charge in [-0.3, -0.25) is 14.6 Å². The van der Waals surface area contributed by atoms with Crippen LogP contribution >= 0.6 is 0 Å². The van der Waals surface area contributed by atoms with Crippen LogP contribution in [0.25, 0.3) is 0 Å². The van der Waals surface area contributed by atoms with E-state index in [4.69, 9.17) is 9.47 Å². The molecule has 0 radical (unpaired) electrons. The highest BCUT2D eigenvalue weighted by Gasteiger charge is 2.26. The Morgan fingerprint density at radius 2 is 2.00 bits per heavy atom. The van der Waals surface area contributed by atoms with Crippen LogP contribution in [0.2, 0.25) is 0 Å². The molecule has 0 bridgehead atoms. The Hall–Kier alpha value is -1.98. The number of halogens is 1. The second-order valence-corrected chi connectivity index (χ2v) is 5.68. The number of rotatable bonds is 5. The van der Waals surface area contributed by atoms with Crippen molar-refractivity contribution in [2.45, 2.75) is 39.2 Å². The van der Waals surface area contributed by atoms with E-state index >= 15 is 0 Å². The lowest BCUT2D eigenvalue weighted by Crippen LogP contribution is -2.28. The molecule has 1 aromatic rings. The van der Waals surface area contributed by atoms with Crippen LogP contribution in [0.4, 0.5) is 4.39 Å². The van der Waals surface area contributed by atoms with Crippen LogP contribution < -0.4 is 0 Å². The van der Waals surface area contributed by atoms with E-state index in [-0.39, 0.29) is 12.8 Å². The summed E-state index contributed by atoms with van der Waals surface area (Å²) in [4.78, 5) is 27.5. The molecule has 1 atom stereocenters. The molecule has 0 fully saturated rings. The summed E-state index contributed by atoms with van der Waals surface area (Å²) in [5, 5.41) is 0. The van der Waals surface area contributed by atoms with Crippen molar-refractivity contribution in [3.63, 3.8) is 0 Å². The summed E-state index contributed by atoms with van der Waals surface area (Å²) in [5.41, 5.74) is -0.110. The fourth-order valence-corrected chi connectivity index (χ4v) is 1.77. The second-order valence-electron chi connectivity index (χ2n) is 5.68. The maximum absolute atomic E-state index is 12.8. The Morgan fingerprint density at radius 1 is 1.33 bits per heavy atom. The first kappa shape index (κ1) is 17.1. The van der Waals surface area contributed by atoms with E-state index in [9.17, 15) is 14.0 Å². The number of aromatic nitrogens is 1. The van der Waals surface area contributed by atoms with Gasteiger partial charge in [0, 0.05) is 12.1 Å². The quantitative estimate of drug-likeness (QED) is 0.780. The minimum atomic E-state index is -0.706. The van der Waals surface area contributed by atoms with Gasteiger partial charge >= 0.3 is 11.9 Å². The molecule has 0 aliphatic carbocycles. The van der Waals surface area contributed by atoms with Gasteiger partial charge in [-0.15, -0.1) is 0 Å². The van der Waals surface area contributed by atoms with Crippen molar-refractivity contribution in [2.75, 3.05) is 7.11 Å². The Kier molecular flexibility index (Phi) is 5.81. The first-order valence-electron chi connectivity index (χ1n) is 6.61. The molecule has 1 rings (SSSR count). The van der Waals surface area contributed by atoms with E-state index in [1.807, 2.05) is 0 Å². The van der Waals surface area contributed by atoms with Crippen LogP contribution in [0, 0.1) is 11.7 Å². The van der Waals surface area contributed by atoms with Gasteiger partial charge in [0.05, 0.1) is 25.6 Å². The van der Waals surface area contributed by atoms with Crippen molar-refractivity contribution in [2.24, 2.45) is 5.92 Å². The molecule has 0 aliphatic rings. The molecule has 1 unspecified atom stereocenters. The number of esters is 2. The van der Waals surface area contributed by atoms with Crippen LogP contribution in [-0.4, -0.2) is 29.6 Å². The van der Waals surface area contributed by atoms with Gasteiger partial charge in [-0.2, -0.15) is 0 Å². The molecule has 0 spiro atoms. The maximum Gasteiger partial charge on any atom is 0.309 e. The topological polar surface area (TPSA) is 65.5 Å². The standard InChI is InChI=1S/C15H20FNO4/c1-15(2,3)21-13(18)8-10(14(19)20-4)7-12-6-5-11(16)9-17-12/h5-6,9-10H,7-8H2,1-4H3. The minimum Gasteiger partial charge on any atom is -0.469 e. The Labute approximate surface area is 123 Å². The fraction of sp³-hybridized carbons (Fsp3) is 0.533. The number of methoxy groups -OCH3 is 1. The average molecular weight is 297 g/mol. The van der Waals surface area contributed by atoms with Crippen LogP contribution in [0.1, 0.15) is 32.9 Å². The van der Waals surface area contributed by atoms with Crippen molar-refractivity contribution in [1.29, 1.82) is 0 Å². The fourth-order valence-electron chi connectivity index (χ4n) is 1.77. The predicted molar refractivity (Wildman–Crippen MR) is 73.9 cm³/mol. The lowest BCUT2D eigenvalue weighted by Gasteiger charge is -2.21. The maximum atomic E-state index is 12.8. The number of hydrogen-bond acceptors (Lipinski definition) is 5. The molecule has 0 saturated carbocycles. The Morgan fingerprint density at radius 3 is 2.48 bits per heavy atom. The van der Waals surface area contributed by atoms with Crippen molar-refractivity contribution in [3.05, 3.63) is 29.8 Å². The molecular weight excluding hydrogens is 277 g/mol. The largest absolute Gasteiger partial charge is 0.469 e. The highest BCUT2D eigenvalue weighted by molar-refractivity contribution is 5.80. The number of hydrogen-bond donors (Lipinski definition) is 0. The molecule has 0 aliphatic heterocycles. The lowest BCUT2D eigenvalue weighted by atomic mass is 9.99. The van der Waals surface area contributed by atoms with Crippen LogP contribution in [0.5, 0.6) is 0 Å². The molecule has 1 aromatic heterocycles. The lowest BCUT2D eigenvalue weighted by molar-refractivity contribution is -0.160. The highest BCUT2D eigenvalue weighted by Crippen LogP contribution is 2.17. The summed E-state index contributed by atoms with van der Waals surface area (Å²) in [6.07, 6.45) is 1.15. The SMILES string of the molecule is COC(=O)C(CC(=O)OC(C)(C)C)Cc1ccc(F)cn1. The zero-order valence-electron chi connectivity index (χ0n) is 12.7. The van der Waals surface area contributed by atoms with Crippen molar-refractivity contribution in [3.8, 4) is 0 Å². The molecule has 6 heteroatoms. The number of nitrogens with zero attached hydrogens (tertiary/aromatic N) is 1. The zero-order chi connectivity index (χ0) is 16.0. The zero-order valence-corrected chi connectivity index (χ0v) is 12.7. The van der Waals surface area contributed by atoms with Gasteiger partial charge in [0.2, 0.25) is 0 Å². The van der Waals surface area contributed by atoms with Crippen LogP contribution in [0.3, 0.4) is 0 Å². The third-order valence-electron chi connectivity index (χ3n) is 2.61. The van der Waals surface area contributed by atoms with E-state index in [0.717, 1.165) is 6.20 Å². The number of pyridine rings is 1. The Balaban J connectivity index is 2.74. The van der Waals surface area contributed by atoms with E-state index in [1.165, 1.54) is 19.2 Å². The van der Waals surface area contributed by atoms with Gasteiger partial charge in [0.1, 0.15) is 11.4 Å². The van der Waals surface area contributed by atoms with E-state index in [2.05, 4.69) is 4.98 Å². The van der Waals surface area contributed by atoms with Gasteiger partial charge in [-0.25, -0.2) is 4.39 Å².